The normalized spacial score (nSPS) is 19.1. The Hall–Kier alpha value is -2.73. The van der Waals surface area contributed by atoms with Gasteiger partial charge in [0.25, 0.3) is 11.8 Å². The number of hydrazine groups is 1. The Kier molecular flexibility index (Phi) is 5.79. The van der Waals surface area contributed by atoms with Crippen LogP contribution in [0.4, 0.5) is 4.39 Å². The van der Waals surface area contributed by atoms with Crippen molar-refractivity contribution in [3.63, 3.8) is 0 Å². The number of benzene rings is 1. The summed E-state index contributed by atoms with van der Waals surface area (Å²) in [7, 11) is 0. The van der Waals surface area contributed by atoms with Crippen LogP contribution in [0.5, 0.6) is 0 Å². The number of fused-ring (bicyclic) bond motifs is 1. The molecular formula is C22H25FN2O3. The number of hydrogen-bond donors (Lipinski definition) is 0. The lowest BCUT2D eigenvalue weighted by Gasteiger charge is -2.23. The smallest absolute Gasteiger partial charge is 0.258 e. The van der Waals surface area contributed by atoms with Crippen molar-refractivity contribution in [2.24, 2.45) is 0 Å². The summed E-state index contributed by atoms with van der Waals surface area (Å²) >= 11 is 0. The molecule has 6 heteroatoms. The first-order valence-corrected chi connectivity index (χ1v) is 9.34. The molecule has 2 saturated heterocycles. The van der Waals surface area contributed by atoms with Gasteiger partial charge in [0, 0.05) is 0 Å². The highest BCUT2D eigenvalue weighted by Crippen LogP contribution is 2.36. The highest BCUT2D eigenvalue weighted by Gasteiger charge is 2.47. The standard InChI is InChI=1S/C22H25FN2O3/c1-5-17(8-7-15(3)23)18-9-6-14(2)19(16(18)4)20-21(26)24-10-12-28-13-11-25(24)22(20)27/h5-9,20H,1,10-13H2,2-4H3/b15-7+,17-8+. The lowest BCUT2D eigenvalue weighted by Crippen LogP contribution is -2.41. The SMILES string of the molecule is C=C/C(=C\C=C(/C)F)c1ccc(C)c(C2C(=O)N3CCOCCN3C2=O)c1C. The molecule has 0 N–H and O–H groups in total. The first kappa shape index (κ1) is 20.0. The van der Waals surface area contributed by atoms with Crippen molar-refractivity contribution in [2.75, 3.05) is 26.3 Å². The van der Waals surface area contributed by atoms with Crippen LogP contribution in [-0.4, -0.2) is 48.1 Å². The maximum Gasteiger partial charge on any atom is 0.258 e. The monoisotopic (exact) mass is 384 g/mol. The lowest BCUT2D eigenvalue weighted by molar-refractivity contribution is -0.145. The molecule has 5 nitrogen and oxygen atoms in total. The van der Waals surface area contributed by atoms with Crippen LogP contribution in [0.3, 0.4) is 0 Å². The molecule has 1 aromatic carbocycles. The number of rotatable bonds is 4. The summed E-state index contributed by atoms with van der Waals surface area (Å²) < 4.78 is 18.6. The molecule has 0 atom stereocenters. The summed E-state index contributed by atoms with van der Waals surface area (Å²) in [5.41, 5.74) is 3.99. The average Bonchev–Trinajstić information content (AvgIpc) is 2.84. The molecular weight excluding hydrogens is 359 g/mol. The van der Waals surface area contributed by atoms with Gasteiger partial charge in [-0.05, 0) is 54.7 Å². The van der Waals surface area contributed by atoms with Gasteiger partial charge in [0.15, 0.2) is 0 Å². The third-order valence-corrected chi connectivity index (χ3v) is 5.23. The lowest BCUT2D eigenvalue weighted by atomic mass is 9.85. The molecule has 1 aromatic rings. The third-order valence-electron chi connectivity index (χ3n) is 5.23. The zero-order valence-electron chi connectivity index (χ0n) is 16.5. The second kappa shape index (κ2) is 8.10. The molecule has 148 valence electrons. The molecule has 0 spiro atoms. The number of hydrogen-bond acceptors (Lipinski definition) is 3. The van der Waals surface area contributed by atoms with E-state index >= 15 is 0 Å². The molecule has 0 bridgehead atoms. The average molecular weight is 384 g/mol. The van der Waals surface area contributed by atoms with Gasteiger partial charge in [0.05, 0.1) is 32.1 Å². The fourth-order valence-corrected chi connectivity index (χ4v) is 3.85. The maximum absolute atomic E-state index is 13.2. The van der Waals surface area contributed by atoms with Crippen LogP contribution in [0.2, 0.25) is 0 Å². The second-order valence-electron chi connectivity index (χ2n) is 7.02. The zero-order chi connectivity index (χ0) is 20.4. The highest BCUT2D eigenvalue weighted by molar-refractivity contribution is 6.11. The highest BCUT2D eigenvalue weighted by atomic mass is 19.1. The van der Waals surface area contributed by atoms with Crippen molar-refractivity contribution in [2.45, 2.75) is 26.7 Å². The van der Waals surface area contributed by atoms with E-state index in [1.165, 1.54) is 23.0 Å². The molecule has 0 unspecified atom stereocenters. The van der Waals surface area contributed by atoms with E-state index in [2.05, 4.69) is 6.58 Å². The topological polar surface area (TPSA) is 49.9 Å². The van der Waals surface area contributed by atoms with Crippen LogP contribution in [0.1, 0.15) is 35.1 Å². The summed E-state index contributed by atoms with van der Waals surface area (Å²) in [6.07, 6.45) is 4.67. The number of amides is 2. The Morgan fingerprint density at radius 2 is 1.75 bits per heavy atom. The molecule has 3 rings (SSSR count). The molecule has 28 heavy (non-hydrogen) atoms. The minimum Gasteiger partial charge on any atom is -0.378 e. The van der Waals surface area contributed by atoms with E-state index in [9.17, 15) is 14.0 Å². The fraction of sp³-hybridized carbons (Fsp3) is 0.364. The van der Waals surface area contributed by atoms with E-state index < -0.39 is 5.92 Å². The number of carbonyl (C=O) groups excluding carboxylic acids is 2. The van der Waals surface area contributed by atoms with Gasteiger partial charge < -0.3 is 4.74 Å². The van der Waals surface area contributed by atoms with E-state index in [0.717, 1.165) is 27.8 Å². The molecule has 0 radical (unpaired) electrons. The Morgan fingerprint density at radius 3 is 2.29 bits per heavy atom. The minimum absolute atomic E-state index is 0.220. The van der Waals surface area contributed by atoms with Crippen LogP contribution < -0.4 is 0 Å². The number of allylic oxidation sites excluding steroid dienone is 5. The molecule has 0 saturated carbocycles. The second-order valence-corrected chi connectivity index (χ2v) is 7.02. The van der Waals surface area contributed by atoms with Gasteiger partial charge in [-0.3, -0.25) is 9.59 Å². The largest absolute Gasteiger partial charge is 0.378 e. The fourth-order valence-electron chi connectivity index (χ4n) is 3.85. The van der Waals surface area contributed by atoms with Crippen LogP contribution >= 0.6 is 0 Å². The molecule has 0 aliphatic carbocycles. The summed E-state index contributed by atoms with van der Waals surface area (Å²) in [5, 5.41) is 3.01. The van der Waals surface area contributed by atoms with Crippen LogP contribution in [0.25, 0.3) is 5.57 Å². The number of halogens is 1. The van der Waals surface area contributed by atoms with Gasteiger partial charge in [0.2, 0.25) is 0 Å². The van der Waals surface area contributed by atoms with Gasteiger partial charge in [0.1, 0.15) is 5.92 Å². The number of aryl methyl sites for hydroxylation is 1. The minimum atomic E-state index is -0.859. The van der Waals surface area contributed by atoms with E-state index in [1.54, 1.807) is 12.2 Å². The van der Waals surface area contributed by atoms with Crippen LogP contribution in [0.15, 0.2) is 42.8 Å². The van der Waals surface area contributed by atoms with Gasteiger partial charge >= 0.3 is 0 Å². The van der Waals surface area contributed by atoms with Crippen molar-refractivity contribution in [3.8, 4) is 0 Å². The quantitative estimate of drug-likeness (QED) is 0.590. The van der Waals surface area contributed by atoms with E-state index in [0.29, 0.717) is 26.3 Å². The van der Waals surface area contributed by atoms with Gasteiger partial charge in [-0.15, -0.1) is 0 Å². The number of ether oxygens (including phenoxy) is 1. The molecule has 2 aliphatic rings. The predicted octanol–water partition coefficient (Wildman–Crippen LogP) is 3.45. The summed E-state index contributed by atoms with van der Waals surface area (Å²) in [6, 6.07) is 3.81. The Morgan fingerprint density at radius 1 is 1.14 bits per heavy atom. The van der Waals surface area contributed by atoms with Crippen molar-refractivity contribution >= 4 is 17.4 Å². The van der Waals surface area contributed by atoms with Gasteiger partial charge in [-0.2, -0.15) is 0 Å². The van der Waals surface area contributed by atoms with Crippen LogP contribution in [0, 0.1) is 13.8 Å². The first-order chi connectivity index (χ1) is 13.4. The third kappa shape index (κ3) is 3.52. The molecule has 2 aliphatic heterocycles. The van der Waals surface area contributed by atoms with E-state index in [1.807, 2.05) is 26.0 Å². The van der Waals surface area contributed by atoms with E-state index in [4.69, 9.17) is 4.74 Å². The summed E-state index contributed by atoms with van der Waals surface area (Å²) in [6.45, 7) is 10.6. The van der Waals surface area contributed by atoms with Crippen LogP contribution in [-0.2, 0) is 14.3 Å². The Bertz CT molecular complexity index is 860. The van der Waals surface area contributed by atoms with Crippen molar-refractivity contribution in [1.29, 1.82) is 0 Å². The molecule has 0 aromatic heterocycles. The first-order valence-electron chi connectivity index (χ1n) is 9.34. The Labute approximate surface area is 164 Å². The predicted molar refractivity (Wildman–Crippen MR) is 106 cm³/mol. The molecule has 2 fully saturated rings. The number of nitrogens with zero attached hydrogens (tertiary/aromatic N) is 2. The number of carbonyl (C=O) groups is 2. The summed E-state index contributed by atoms with van der Waals surface area (Å²) in [5.74, 6) is -1.61. The van der Waals surface area contributed by atoms with Gasteiger partial charge in [-0.25, -0.2) is 14.4 Å². The van der Waals surface area contributed by atoms with Crippen molar-refractivity contribution < 1.29 is 18.7 Å². The van der Waals surface area contributed by atoms with E-state index in [-0.39, 0.29) is 17.6 Å². The zero-order valence-corrected chi connectivity index (χ0v) is 16.5. The Balaban J connectivity index is 2.09. The maximum atomic E-state index is 13.2. The summed E-state index contributed by atoms with van der Waals surface area (Å²) in [4.78, 5) is 26.2. The van der Waals surface area contributed by atoms with Crippen molar-refractivity contribution in [3.05, 3.63) is 65.0 Å². The molecule has 2 amide bonds. The molecule has 2 heterocycles. The van der Waals surface area contributed by atoms with Gasteiger partial charge in [-0.1, -0.05) is 30.9 Å². The van der Waals surface area contributed by atoms with Crippen molar-refractivity contribution in [1.82, 2.24) is 10.0 Å².